The molecule has 1 saturated carbocycles. The highest BCUT2D eigenvalue weighted by Crippen LogP contribution is 2.37. The Labute approximate surface area is 115 Å². The number of carbonyl (C=O) groups is 1. The summed E-state index contributed by atoms with van der Waals surface area (Å²) in [7, 11) is 3.43. The Hall–Kier alpha value is -0.680. The van der Waals surface area contributed by atoms with Crippen molar-refractivity contribution in [2.45, 2.75) is 38.5 Å². The lowest BCUT2D eigenvalue weighted by Crippen LogP contribution is -2.50. The van der Waals surface area contributed by atoms with Crippen LogP contribution in [0.15, 0.2) is 0 Å². The maximum atomic E-state index is 12.6. The number of thiocarbonyl (C=S) groups is 1. The van der Waals surface area contributed by atoms with Gasteiger partial charge in [0.25, 0.3) is 0 Å². The van der Waals surface area contributed by atoms with Gasteiger partial charge in [-0.25, -0.2) is 0 Å². The largest absolute Gasteiger partial charge is 0.392 e. The van der Waals surface area contributed by atoms with Gasteiger partial charge in [0.05, 0.1) is 17.0 Å². The lowest BCUT2D eigenvalue weighted by atomic mass is 9.79. The first-order valence-corrected chi connectivity index (χ1v) is 7.00. The van der Waals surface area contributed by atoms with Gasteiger partial charge in [-0.1, -0.05) is 37.9 Å². The summed E-state index contributed by atoms with van der Waals surface area (Å²) in [5, 5.41) is 0. The number of likely N-dealkylation sites (N-methyl/N-ethyl adjacent to an activating group) is 1. The summed E-state index contributed by atoms with van der Waals surface area (Å²) in [6.45, 7) is 1.12. The molecule has 2 N–H and O–H groups in total. The first-order valence-electron chi connectivity index (χ1n) is 6.59. The van der Waals surface area contributed by atoms with Gasteiger partial charge in [-0.05, 0) is 12.8 Å². The van der Waals surface area contributed by atoms with Crippen LogP contribution >= 0.6 is 12.2 Å². The van der Waals surface area contributed by atoms with Crippen molar-refractivity contribution in [2.75, 3.05) is 27.3 Å². The molecule has 0 heterocycles. The molecular formula is C13H24N2O2S. The summed E-state index contributed by atoms with van der Waals surface area (Å²) >= 11 is 5.19. The van der Waals surface area contributed by atoms with Gasteiger partial charge in [-0.2, -0.15) is 0 Å². The Morgan fingerprint density at radius 3 is 2.33 bits per heavy atom. The molecule has 0 aromatic rings. The Balaban J connectivity index is 2.82. The van der Waals surface area contributed by atoms with Crippen LogP contribution in [0.25, 0.3) is 0 Å². The van der Waals surface area contributed by atoms with Gasteiger partial charge in [-0.15, -0.1) is 0 Å². The maximum Gasteiger partial charge on any atom is 0.235 e. The zero-order chi connectivity index (χ0) is 13.6. The van der Waals surface area contributed by atoms with Crippen LogP contribution in [0.1, 0.15) is 38.5 Å². The topological polar surface area (TPSA) is 55.6 Å². The van der Waals surface area contributed by atoms with E-state index in [4.69, 9.17) is 22.7 Å². The van der Waals surface area contributed by atoms with Gasteiger partial charge in [0.15, 0.2) is 0 Å². The molecule has 1 aliphatic rings. The molecule has 5 heteroatoms. The average Bonchev–Trinajstić information content (AvgIpc) is 2.61. The van der Waals surface area contributed by atoms with Crippen molar-refractivity contribution in [3.8, 4) is 0 Å². The van der Waals surface area contributed by atoms with E-state index in [1.807, 2.05) is 0 Å². The lowest BCUT2D eigenvalue weighted by molar-refractivity contribution is -0.138. The fourth-order valence-electron chi connectivity index (χ4n) is 2.59. The van der Waals surface area contributed by atoms with E-state index in [2.05, 4.69) is 0 Å². The number of carbonyl (C=O) groups excluding carboxylic acids is 1. The lowest BCUT2D eigenvalue weighted by Gasteiger charge is -2.34. The summed E-state index contributed by atoms with van der Waals surface area (Å²) < 4.78 is 5.01. The highest BCUT2D eigenvalue weighted by Gasteiger charge is 2.42. The number of rotatable bonds is 5. The van der Waals surface area contributed by atoms with Crippen molar-refractivity contribution in [2.24, 2.45) is 11.1 Å². The second-order valence-electron chi connectivity index (χ2n) is 5.08. The zero-order valence-electron chi connectivity index (χ0n) is 11.4. The third-order valence-electron chi connectivity index (χ3n) is 3.82. The summed E-state index contributed by atoms with van der Waals surface area (Å²) in [6, 6.07) is 0. The zero-order valence-corrected chi connectivity index (χ0v) is 12.2. The second kappa shape index (κ2) is 7.04. The molecule has 0 unspecified atom stereocenters. The smallest absolute Gasteiger partial charge is 0.235 e. The Kier molecular flexibility index (Phi) is 6.02. The Bertz CT molecular complexity index is 299. The van der Waals surface area contributed by atoms with Crippen LogP contribution in [0.2, 0.25) is 0 Å². The third-order valence-corrected chi connectivity index (χ3v) is 4.21. The first-order chi connectivity index (χ1) is 8.54. The van der Waals surface area contributed by atoms with Gasteiger partial charge >= 0.3 is 0 Å². The van der Waals surface area contributed by atoms with Crippen LogP contribution < -0.4 is 5.73 Å². The number of hydrogen-bond donors (Lipinski definition) is 1. The Morgan fingerprint density at radius 2 is 1.89 bits per heavy atom. The van der Waals surface area contributed by atoms with Gasteiger partial charge in [-0.3, -0.25) is 4.79 Å². The van der Waals surface area contributed by atoms with Crippen molar-refractivity contribution in [3.63, 3.8) is 0 Å². The summed E-state index contributed by atoms with van der Waals surface area (Å²) in [5.41, 5.74) is 5.27. The average molecular weight is 272 g/mol. The van der Waals surface area contributed by atoms with Crippen molar-refractivity contribution in [3.05, 3.63) is 0 Å². The van der Waals surface area contributed by atoms with Crippen molar-refractivity contribution in [1.82, 2.24) is 4.90 Å². The van der Waals surface area contributed by atoms with Crippen LogP contribution in [0.5, 0.6) is 0 Å². The molecule has 0 atom stereocenters. The number of nitrogens with zero attached hydrogens (tertiary/aromatic N) is 1. The van der Waals surface area contributed by atoms with E-state index in [0.29, 0.717) is 18.1 Å². The minimum atomic E-state index is -0.617. The minimum absolute atomic E-state index is 0.0638. The number of hydrogen-bond acceptors (Lipinski definition) is 3. The molecule has 1 amide bonds. The van der Waals surface area contributed by atoms with Crippen molar-refractivity contribution in [1.29, 1.82) is 0 Å². The fourth-order valence-corrected chi connectivity index (χ4v) is 2.88. The van der Waals surface area contributed by atoms with Crippen LogP contribution in [0, 0.1) is 5.41 Å². The van der Waals surface area contributed by atoms with Crippen LogP contribution in [0.3, 0.4) is 0 Å². The third kappa shape index (κ3) is 3.42. The quantitative estimate of drug-likeness (QED) is 0.611. The molecule has 1 fully saturated rings. The number of ether oxygens (including phenoxy) is 1. The molecule has 18 heavy (non-hydrogen) atoms. The second-order valence-corrected chi connectivity index (χ2v) is 5.52. The summed E-state index contributed by atoms with van der Waals surface area (Å²) in [6.07, 6.45) is 5.97. The molecule has 1 aliphatic carbocycles. The molecule has 0 radical (unpaired) electrons. The number of nitrogens with two attached hydrogens (primary N) is 1. The van der Waals surface area contributed by atoms with E-state index in [0.717, 1.165) is 25.7 Å². The highest BCUT2D eigenvalue weighted by atomic mass is 32.1. The molecule has 104 valence electrons. The van der Waals surface area contributed by atoms with Crippen molar-refractivity contribution < 1.29 is 9.53 Å². The highest BCUT2D eigenvalue weighted by molar-refractivity contribution is 7.80. The monoisotopic (exact) mass is 272 g/mol. The summed E-state index contributed by atoms with van der Waals surface area (Å²) in [4.78, 5) is 14.7. The Morgan fingerprint density at radius 1 is 1.33 bits per heavy atom. The van der Waals surface area contributed by atoms with E-state index in [9.17, 15) is 4.79 Å². The molecule has 1 rings (SSSR count). The van der Waals surface area contributed by atoms with E-state index in [1.54, 1.807) is 19.1 Å². The molecule has 0 aromatic carbocycles. The summed E-state index contributed by atoms with van der Waals surface area (Å²) in [5.74, 6) is 0.0638. The minimum Gasteiger partial charge on any atom is -0.392 e. The molecule has 0 bridgehead atoms. The molecular weight excluding hydrogens is 248 g/mol. The SMILES string of the molecule is COCCN(C)C(=O)C1(C(N)=S)CCCCCC1. The predicted octanol–water partition coefficient (Wildman–Crippen LogP) is 1.72. The normalized spacial score (nSPS) is 19.0. The molecule has 0 spiro atoms. The van der Waals surface area contributed by atoms with E-state index in [-0.39, 0.29) is 5.91 Å². The fraction of sp³-hybridized carbons (Fsp3) is 0.846. The van der Waals surface area contributed by atoms with Crippen LogP contribution in [-0.2, 0) is 9.53 Å². The number of amides is 1. The molecule has 0 aliphatic heterocycles. The van der Waals surface area contributed by atoms with Gasteiger partial charge in [0, 0.05) is 20.7 Å². The van der Waals surface area contributed by atoms with Crippen LogP contribution in [0.4, 0.5) is 0 Å². The first kappa shape index (κ1) is 15.4. The number of methoxy groups -OCH3 is 1. The van der Waals surface area contributed by atoms with Crippen LogP contribution in [-0.4, -0.2) is 43.1 Å². The molecule has 0 aromatic heterocycles. The molecule has 4 nitrogen and oxygen atoms in total. The van der Waals surface area contributed by atoms with Gasteiger partial charge in [0.1, 0.15) is 0 Å². The van der Waals surface area contributed by atoms with E-state index in [1.165, 1.54) is 12.8 Å². The maximum absolute atomic E-state index is 12.6. The van der Waals surface area contributed by atoms with Gasteiger partial charge < -0.3 is 15.4 Å². The predicted molar refractivity (Wildman–Crippen MR) is 76.4 cm³/mol. The van der Waals surface area contributed by atoms with E-state index >= 15 is 0 Å². The van der Waals surface area contributed by atoms with Crippen molar-refractivity contribution >= 4 is 23.1 Å². The van der Waals surface area contributed by atoms with E-state index < -0.39 is 5.41 Å². The standard InChI is InChI=1S/C13H24N2O2S/c1-15(9-10-17-2)12(16)13(11(14)18)7-5-3-4-6-8-13/h3-10H2,1-2H3,(H2,14,18). The van der Waals surface area contributed by atoms with Gasteiger partial charge in [0.2, 0.25) is 5.91 Å². The molecule has 0 saturated heterocycles.